The van der Waals surface area contributed by atoms with Crippen LogP contribution in [0.4, 0.5) is 0 Å². The van der Waals surface area contributed by atoms with Crippen molar-refractivity contribution in [3.8, 4) is 5.75 Å². The lowest BCUT2D eigenvalue weighted by molar-refractivity contribution is -0.140. The van der Waals surface area contributed by atoms with Gasteiger partial charge in [0.1, 0.15) is 18.4 Å². The predicted octanol–water partition coefficient (Wildman–Crippen LogP) is 2.83. The second-order valence-electron chi connectivity index (χ2n) is 6.57. The minimum Gasteiger partial charge on any atom is -0.492 e. The Hall–Kier alpha value is -2.04. The molecule has 2 aromatic carbocycles. The summed E-state index contributed by atoms with van der Waals surface area (Å²) in [4.78, 5) is 14.9. The monoisotopic (exact) mass is 358 g/mol. The van der Waals surface area contributed by atoms with Crippen molar-refractivity contribution in [3.63, 3.8) is 0 Å². The summed E-state index contributed by atoms with van der Waals surface area (Å²) < 4.78 is 5.73. The molecule has 132 valence electrons. The third-order valence-electron chi connectivity index (χ3n) is 4.82. The van der Waals surface area contributed by atoms with Crippen LogP contribution >= 0.6 is 12.4 Å². The Bertz CT molecular complexity index is 717. The Balaban J connectivity index is 0.00000182. The number of benzene rings is 2. The standard InChI is InChI=1S/C20H22N2O2.ClH/c23-20(19-17-8-4-5-9-18(17)24-11-10-21-19)22-13-16(14-22)12-15-6-2-1-3-7-15;/h1-9,16,19,21H,10-14H2;1H. The Labute approximate surface area is 154 Å². The number of hydrogen-bond donors (Lipinski definition) is 1. The Morgan fingerprint density at radius 1 is 1.08 bits per heavy atom. The van der Waals surface area contributed by atoms with Crippen LogP contribution in [0.15, 0.2) is 54.6 Å². The molecule has 1 atom stereocenters. The van der Waals surface area contributed by atoms with E-state index in [1.807, 2.05) is 35.2 Å². The van der Waals surface area contributed by atoms with Crippen molar-refractivity contribution in [1.29, 1.82) is 0 Å². The highest BCUT2D eigenvalue weighted by atomic mass is 35.5. The molecule has 2 heterocycles. The van der Waals surface area contributed by atoms with Crippen LogP contribution in [-0.4, -0.2) is 37.0 Å². The van der Waals surface area contributed by atoms with E-state index in [1.54, 1.807) is 0 Å². The van der Waals surface area contributed by atoms with Crippen molar-refractivity contribution in [3.05, 3.63) is 65.7 Å². The molecule has 5 heteroatoms. The van der Waals surface area contributed by atoms with Crippen LogP contribution in [0.1, 0.15) is 17.2 Å². The van der Waals surface area contributed by atoms with Crippen molar-refractivity contribution < 1.29 is 9.53 Å². The van der Waals surface area contributed by atoms with Crippen molar-refractivity contribution in [2.45, 2.75) is 12.5 Å². The van der Waals surface area contributed by atoms with Crippen LogP contribution in [0.2, 0.25) is 0 Å². The van der Waals surface area contributed by atoms with E-state index < -0.39 is 0 Å². The minimum atomic E-state index is -0.290. The molecule has 4 rings (SSSR count). The third-order valence-corrected chi connectivity index (χ3v) is 4.82. The summed E-state index contributed by atoms with van der Waals surface area (Å²) in [5, 5.41) is 3.33. The fraction of sp³-hybridized carbons (Fsp3) is 0.350. The lowest BCUT2D eigenvalue weighted by Gasteiger charge is -2.41. The molecule has 0 spiro atoms. The minimum absolute atomic E-state index is 0. The molecule has 0 aliphatic carbocycles. The van der Waals surface area contributed by atoms with Crippen molar-refractivity contribution in [2.75, 3.05) is 26.2 Å². The zero-order valence-electron chi connectivity index (χ0n) is 14.1. The van der Waals surface area contributed by atoms with E-state index >= 15 is 0 Å². The molecule has 1 saturated heterocycles. The summed E-state index contributed by atoms with van der Waals surface area (Å²) >= 11 is 0. The maximum Gasteiger partial charge on any atom is 0.244 e. The van der Waals surface area contributed by atoms with Crippen molar-refractivity contribution in [1.82, 2.24) is 10.2 Å². The van der Waals surface area contributed by atoms with Gasteiger partial charge in [-0.15, -0.1) is 12.4 Å². The van der Waals surface area contributed by atoms with E-state index in [9.17, 15) is 4.79 Å². The lowest BCUT2D eigenvalue weighted by atomic mass is 9.91. The molecule has 4 nitrogen and oxygen atoms in total. The van der Waals surface area contributed by atoms with Gasteiger partial charge in [-0.25, -0.2) is 0 Å². The van der Waals surface area contributed by atoms with Gasteiger partial charge in [0.05, 0.1) is 0 Å². The molecule has 2 aliphatic rings. The number of halogens is 1. The highest BCUT2D eigenvalue weighted by molar-refractivity contribution is 5.85. The van der Waals surface area contributed by atoms with Crippen LogP contribution in [0, 0.1) is 5.92 Å². The number of hydrogen-bond acceptors (Lipinski definition) is 3. The molecule has 2 aromatic rings. The van der Waals surface area contributed by atoms with Gasteiger partial charge in [0.15, 0.2) is 0 Å². The topological polar surface area (TPSA) is 41.6 Å². The number of rotatable bonds is 3. The SMILES string of the molecule is Cl.O=C(C1NCCOc2ccccc21)N1CC(Cc2ccccc2)C1. The Morgan fingerprint density at radius 2 is 1.80 bits per heavy atom. The Kier molecular flexibility index (Phi) is 5.61. The van der Waals surface area contributed by atoms with Crippen molar-refractivity contribution in [2.24, 2.45) is 5.92 Å². The van der Waals surface area contributed by atoms with Gasteiger partial charge >= 0.3 is 0 Å². The maximum atomic E-state index is 12.9. The van der Waals surface area contributed by atoms with Crippen molar-refractivity contribution >= 4 is 18.3 Å². The van der Waals surface area contributed by atoms with Gasteiger partial charge in [0.25, 0.3) is 0 Å². The van der Waals surface area contributed by atoms with Crippen LogP contribution in [0.5, 0.6) is 5.75 Å². The molecule has 1 fully saturated rings. The Morgan fingerprint density at radius 3 is 2.60 bits per heavy atom. The number of amides is 1. The summed E-state index contributed by atoms with van der Waals surface area (Å²) in [6.07, 6.45) is 1.04. The summed E-state index contributed by atoms with van der Waals surface area (Å²) in [6, 6.07) is 18.0. The van der Waals surface area contributed by atoms with E-state index in [4.69, 9.17) is 4.74 Å². The number of para-hydroxylation sites is 1. The van der Waals surface area contributed by atoms with E-state index in [0.717, 1.165) is 30.8 Å². The van der Waals surface area contributed by atoms with E-state index in [-0.39, 0.29) is 24.4 Å². The molecule has 1 amide bonds. The number of ether oxygens (including phenoxy) is 1. The molecule has 0 bridgehead atoms. The fourth-order valence-corrected chi connectivity index (χ4v) is 3.55. The van der Waals surface area contributed by atoms with Crippen LogP contribution in [-0.2, 0) is 11.2 Å². The zero-order chi connectivity index (χ0) is 16.4. The van der Waals surface area contributed by atoms with Crippen LogP contribution < -0.4 is 10.1 Å². The first-order valence-corrected chi connectivity index (χ1v) is 8.59. The number of nitrogens with zero attached hydrogens (tertiary/aromatic N) is 1. The smallest absolute Gasteiger partial charge is 0.244 e. The number of nitrogens with one attached hydrogen (secondary N) is 1. The number of likely N-dealkylation sites (tertiary alicyclic amines) is 1. The largest absolute Gasteiger partial charge is 0.492 e. The quantitative estimate of drug-likeness (QED) is 0.917. The molecule has 0 aromatic heterocycles. The second-order valence-corrected chi connectivity index (χ2v) is 6.57. The summed E-state index contributed by atoms with van der Waals surface area (Å²) in [5.41, 5.74) is 2.30. The molecule has 1 unspecified atom stereocenters. The van der Waals surface area contributed by atoms with E-state index in [2.05, 4.69) is 29.6 Å². The number of carbonyl (C=O) groups is 1. The predicted molar refractivity (Wildman–Crippen MR) is 100 cm³/mol. The molecule has 1 N–H and O–H groups in total. The first kappa shape index (κ1) is 17.8. The van der Waals surface area contributed by atoms with E-state index in [1.165, 1.54) is 5.56 Å². The number of carbonyl (C=O) groups excluding carboxylic acids is 1. The summed E-state index contributed by atoms with van der Waals surface area (Å²) in [7, 11) is 0. The highest BCUT2D eigenvalue weighted by Crippen LogP contribution is 2.30. The molecule has 25 heavy (non-hydrogen) atoms. The van der Waals surface area contributed by atoms with Gasteiger partial charge < -0.3 is 9.64 Å². The van der Waals surface area contributed by atoms with Gasteiger partial charge in [0, 0.05) is 25.2 Å². The molecule has 0 saturated carbocycles. The molecule has 0 radical (unpaired) electrons. The average Bonchev–Trinajstić information content (AvgIpc) is 2.80. The fourth-order valence-electron chi connectivity index (χ4n) is 3.55. The van der Waals surface area contributed by atoms with Gasteiger partial charge in [-0.1, -0.05) is 48.5 Å². The average molecular weight is 359 g/mol. The third kappa shape index (κ3) is 3.80. The van der Waals surface area contributed by atoms with Crippen LogP contribution in [0.25, 0.3) is 0 Å². The van der Waals surface area contributed by atoms with E-state index in [0.29, 0.717) is 19.1 Å². The maximum absolute atomic E-state index is 12.9. The molecule has 2 aliphatic heterocycles. The highest BCUT2D eigenvalue weighted by Gasteiger charge is 2.36. The van der Waals surface area contributed by atoms with Gasteiger partial charge in [-0.05, 0) is 24.0 Å². The molecular formula is C20H23ClN2O2. The molecular weight excluding hydrogens is 336 g/mol. The van der Waals surface area contributed by atoms with Gasteiger partial charge in [-0.2, -0.15) is 0 Å². The van der Waals surface area contributed by atoms with Gasteiger partial charge in [-0.3, -0.25) is 10.1 Å². The first-order valence-electron chi connectivity index (χ1n) is 8.59. The lowest BCUT2D eigenvalue weighted by Crippen LogP contribution is -2.54. The first-order chi connectivity index (χ1) is 11.8. The second kappa shape index (κ2) is 7.89. The normalized spacial score (nSPS) is 19.7. The van der Waals surface area contributed by atoms with Crippen LogP contribution in [0.3, 0.4) is 0 Å². The summed E-state index contributed by atoms with van der Waals surface area (Å²) in [5.74, 6) is 1.55. The zero-order valence-corrected chi connectivity index (χ0v) is 14.9. The summed E-state index contributed by atoms with van der Waals surface area (Å²) in [6.45, 7) is 2.97. The number of fused-ring (bicyclic) bond motifs is 1. The van der Waals surface area contributed by atoms with Gasteiger partial charge in [0.2, 0.25) is 5.91 Å².